The van der Waals surface area contributed by atoms with Crippen molar-refractivity contribution in [3.63, 3.8) is 0 Å². The zero-order valence-corrected chi connectivity index (χ0v) is 14.2. The molecule has 1 aromatic carbocycles. The molecule has 0 unspecified atom stereocenters. The Morgan fingerprint density at radius 1 is 1.25 bits per heavy atom. The molecule has 0 saturated heterocycles. The van der Waals surface area contributed by atoms with Gasteiger partial charge in [0.15, 0.2) is 0 Å². The molecule has 4 nitrogen and oxygen atoms in total. The molecule has 0 fully saturated rings. The molecule has 0 aliphatic rings. The first kappa shape index (κ1) is 17.4. The summed E-state index contributed by atoms with van der Waals surface area (Å²) in [6, 6.07) is 13.5. The maximum atomic E-state index is 12.2. The summed E-state index contributed by atoms with van der Waals surface area (Å²) < 4.78 is 0. The standard InChI is InChI=1S/C20H21N3O/c1-20(2,3)18-8-6-15(7-9-18)11-17(12-21)19(24)23-14-16-5-4-10-22-13-16/h4-11,13H,14H2,1-3H3,(H,23,24)/b17-11+. The van der Waals surface area contributed by atoms with Gasteiger partial charge in [-0.2, -0.15) is 5.26 Å². The van der Waals surface area contributed by atoms with E-state index >= 15 is 0 Å². The molecule has 0 bridgehead atoms. The van der Waals surface area contributed by atoms with Crippen molar-refractivity contribution in [3.8, 4) is 6.07 Å². The van der Waals surface area contributed by atoms with Gasteiger partial charge >= 0.3 is 0 Å². The van der Waals surface area contributed by atoms with Crippen molar-refractivity contribution in [2.24, 2.45) is 0 Å². The number of amides is 1. The van der Waals surface area contributed by atoms with Gasteiger partial charge in [0.2, 0.25) is 0 Å². The van der Waals surface area contributed by atoms with E-state index in [1.165, 1.54) is 5.56 Å². The molecule has 122 valence electrons. The van der Waals surface area contributed by atoms with E-state index in [2.05, 4.69) is 31.1 Å². The largest absolute Gasteiger partial charge is 0.347 e. The summed E-state index contributed by atoms with van der Waals surface area (Å²) in [5.74, 6) is -0.388. The molecule has 0 saturated carbocycles. The molecule has 0 aliphatic carbocycles. The number of hydrogen-bond acceptors (Lipinski definition) is 3. The normalized spacial score (nSPS) is 11.7. The highest BCUT2D eigenvalue weighted by molar-refractivity contribution is 6.01. The van der Waals surface area contributed by atoms with Crippen molar-refractivity contribution in [3.05, 3.63) is 71.1 Å². The Kier molecular flexibility index (Phi) is 5.49. The highest BCUT2D eigenvalue weighted by atomic mass is 16.1. The van der Waals surface area contributed by atoms with Crippen molar-refractivity contribution in [1.82, 2.24) is 10.3 Å². The topological polar surface area (TPSA) is 65.8 Å². The molecule has 1 aromatic heterocycles. The minimum Gasteiger partial charge on any atom is -0.347 e. The number of carbonyl (C=O) groups is 1. The number of aromatic nitrogens is 1. The van der Waals surface area contributed by atoms with Gasteiger partial charge in [-0.1, -0.05) is 51.1 Å². The van der Waals surface area contributed by atoms with E-state index in [1.807, 2.05) is 36.4 Å². The lowest BCUT2D eigenvalue weighted by Crippen LogP contribution is -2.24. The number of hydrogen-bond donors (Lipinski definition) is 1. The smallest absolute Gasteiger partial charge is 0.262 e. The van der Waals surface area contributed by atoms with Gasteiger partial charge in [-0.15, -0.1) is 0 Å². The van der Waals surface area contributed by atoms with E-state index in [0.717, 1.165) is 11.1 Å². The molecule has 0 spiro atoms. The van der Waals surface area contributed by atoms with Crippen LogP contribution in [0.25, 0.3) is 6.08 Å². The van der Waals surface area contributed by atoms with Gasteiger partial charge in [-0.25, -0.2) is 0 Å². The monoisotopic (exact) mass is 319 g/mol. The first-order valence-electron chi connectivity index (χ1n) is 7.79. The van der Waals surface area contributed by atoms with E-state index in [-0.39, 0.29) is 16.9 Å². The summed E-state index contributed by atoms with van der Waals surface area (Å²) in [7, 11) is 0. The van der Waals surface area contributed by atoms with Crippen LogP contribution in [0.2, 0.25) is 0 Å². The lowest BCUT2D eigenvalue weighted by molar-refractivity contribution is -0.117. The summed E-state index contributed by atoms with van der Waals surface area (Å²) >= 11 is 0. The maximum absolute atomic E-state index is 12.2. The third kappa shape index (κ3) is 4.79. The number of rotatable bonds is 4. The molecule has 24 heavy (non-hydrogen) atoms. The summed E-state index contributed by atoms with van der Waals surface area (Å²) in [4.78, 5) is 16.1. The first-order chi connectivity index (χ1) is 11.4. The Bertz CT molecular complexity index is 763. The quantitative estimate of drug-likeness (QED) is 0.691. The van der Waals surface area contributed by atoms with Crippen molar-refractivity contribution < 1.29 is 4.79 Å². The summed E-state index contributed by atoms with van der Waals surface area (Å²) in [6.45, 7) is 6.77. The molecule has 1 amide bonds. The maximum Gasteiger partial charge on any atom is 0.262 e. The highest BCUT2D eigenvalue weighted by Crippen LogP contribution is 2.22. The van der Waals surface area contributed by atoms with Crippen LogP contribution in [-0.4, -0.2) is 10.9 Å². The Balaban J connectivity index is 2.08. The molecule has 0 radical (unpaired) electrons. The minimum atomic E-state index is -0.388. The van der Waals surface area contributed by atoms with Gasteiger partial charge in [0.1, 0.15) is 11.6 Å². The van der Waals surface area contributed by atoms with Crippen LogP contribution in [0.1, 0.15) is 37.5 Å². The molecule has 0 atom stereocenters. The van der Waals surface area contributed by atoms with E-state index in [0.29, 0.717) is 6.54 Å². The van der Waals surface area contributed by atoms with Crippen molar-refractivity contribution in [1.29, 1.82) is 5.26 Å². The van der Waals surface area contributed by atoms with E-state index in [4.69, 9.17) is 0 Å². The Morgan fingerprint density at radius 3 is 2.50 bits per heavy atom. The second-order valence-corrected chi connectivity index (χ2v) is 6.59. The number of benzene rings is 1. The number of nitrogens with one attached hydrogen (secondary N) is 1. The summed E-state index contributed by atoms with van der Waals surface area (Å²) in [5, 5.41) is 12.0. The molecule has 2 rings (SSSR count). The average Bonchev–Trinajstić information content (AvgIpc) is 2.58. The van der Waals surface area contributed by atoms with Gasteiger partial charge in [-0.3, -0.25) is 9.78 Å². The number of carbonyl (C=O) groups excluding carboxylic acids is 1. The Hall–Kier alpha value is -2.93. The van der Waals surface area contributed by atoms with Crippen LogP contribution in [0.15, 0.2) is 54.4 Å². The van der Waals surface area contributed by atoms with Gasteiger partial charge in [-0.05, 0) is 34.2 Å². The molecule has 0 aliphatic heterocycles. The van der Waals surface area contributed by atoms with Crippen molar-refractivity contribution in [2.45, 2.75) is 32.7 Å². The highest BCUT2D eigenvalue weighted by Gasteiger charge is 2.13. The summed E-state index contributed by atoms with van der Waals surface area (Å²) in [5.41, 5.74) is 3.08. The van der Waals surface area contributed by atoms with E-state index in [9.17, 15) is 10.1 Å². The SMILES string of the molecule is CC(C)(C)c1ccc(/C=C(\C#N)C(=O)NCc2cccnc2)cc1. The predicted molar refractivity (Wildman–Crippen MR) is 94.8 cm³/mol. The molecule has 1 heterocycles. The number of nitrogens with zero attached hydrogens (tertiary/aromatic N) is 2. The molecular weight excluding hydrogens is 298 g/mol. The van der Waals surface area contributed by atoms with Gasteiger partial charge in [0, 0.05) is 18.9 Å². The van der Waals surface area contributed by atoms with Crippen molar-refractivity contribution in [2.75, 3.05) is 0 Å². The second kappa shape index (κ2) is 7.56. The van der Waals surface area contributed by atoms with Crippen LogP contribution >= 0.6 is 0 Å². The average molecular weight is 319 g/mol. The third-order valence-electron chi connectivity index (χ3n) is 3.63. The second-order valence-electron chi connectivity index (χ2n) is 6.59. The number of pyridine rings is 1. The Labute approximate surface area is 142 Å². The number of nitriles is 1. The lowest BCUT2D eigenvalue weighted by Gasteiger charge is -2.18. The van der Waals surface area contributed by atoms with Crippen LogP contribution in [0.5, 0.6) is 0 Å². The molecule has 2 aromatic rings. The van der Waals surface area contributed by atoms with E-state index in [1.54, 1.807) is 24.5 Å². The molecular formula is C20H21N3O. The van der Waals surface area contributed by atoms with Crippen LogP contribution in [-0.2, 0) is 16.8 Å². The summed E-state index contributed by atoms with van der Waals surface area (Å²) in [6.07, 6.45) is 4.96. The zero-order chi connectivity index (χ0) is 17.6. The molecule has 4 heteroatoms. The van der Waals surface area contributed by atoms with Crippen LogP contribution < -0.4 is 5.32 Å². The zero-order valence-electron chi connectivity index (χ0n) is 14.2. The fourth-order valence-electron chi connectivity index (χ4n) is 2.17. The van der Waals surface area contributed by atoms with Gasteiger partial charge in [0.05, 0.1) is 0 Å². The van der Waals surface area contributed by atoms with Crippen LogP contribution in [0.3, 0.4) is 0 Å². The lowest BCUT2D eigenvalue weighted by atomic mass is 9.86. The van der Waals surface area contributed by atoms with E-state index < -0.39 is 0 Å². The molecule has 1 N–H and O–H groups in total. The first-order valence-corrected chi connectivity index (χ1v) is 7.79. The third-order valence-corrected chi connectivity index (χ3v) is 3.63. The predicted octanol–water partition coefficient (Wildman–Crippen LogP) is 3.60. The van der Waals surface area contributed by atoms with Crippen LogP contribution in [0.4, 0.5) is 0 Å². The van der Waals surface area contributed by atoms with Gasteiger partial charge in [0.25, 0.3) is 5.91 Å². The fraction of sp³-hybridized carbons (Fsp3) is 0.250. The van der Waals surface area contributed by atoms with Crippen molar-refractivity contribution >= 4 is 12.0 Å². The Morgan fingerprint density at radius 2 is 1.96 bits per heavy atom. The van der Waals surface area contributed by atoms with Gasteiger partial charge < -0.3 is 5.32 Å². The minimum absolute atomic E-state index is 0.0708. The van der Waals surface area contributed by atoms with Crippen LogP contribution in [0, 0.1) is 11.3 Å². The fourth-order valence-corrected chi connectivity index (χ4v) is 2.17.